The summed E-state index contributed by atoms with van der Waals surface area (Å²) >= 11 is 0. The van der Waals surface area contributed by atoms with E-state index < -0.39 is 35.4 Å². The quantitative estimate of drug-likeness (QED) is 0.0872. The van der Waals surface area contributed by atoms with Gasteiger partial charge in [-0.15, -0.1) is 5.92 Å². The molecule has 0 N–H and O–H groups in total. The Morgan fingerprint density at radius 2 is 1.44 bits per heavy atom. The first-order valence-electron chi connectivity index (χ1n) is 12.3. The number of carbonyl (C=O) groups excluding carboxylic acids is 3. The van der Waals surface area contributed by atoms with Gasteiger partial charge in [0.1, 0.15) is 17.2 Å². The third kappa shape index (κ3) is 9.28. The van der Waals surface area contributed by atoms with E-state index in [4.69, 9.17) is 18.9 Å². The molecule has 0 heterocycles. The highest BCUT2D eigenvalue weighted by Gasteiger charge is 2.36. The molecule has 0 radical (unpaired) electrons. The Balaban J connectivity index is 1.62. The Kier molecular flexibility index (Phi) is 10.7. The zero-order valence-electron chi connectivity index (χ0n) is 22.0. The van der Waals surface area contributed by atoms with E-state index in [1.54, 1.807) is 19.1 Å². The maximum Gasteiger partial charge on any atom is 0.420 e. The number of carbonyl (C=O) groups is 3. The zero-order chi connectivity index (χ0) is 29.8. The van der Waals surface area contributed by atoms with Gasteiger partial charge in [-0.1, -0.05) is 12.5 Å². The molecule has 0 saturated heterocycles. The van der Waals surface area contributed by atoms with Crippen molar-refractivity contribution in [1.82, 2.24) is 0 Å². The summed E-state index contributed by atoms with van der Waals surface area (Å²) in [7, 11) is 0. The minimum Gasteiger partial charge on any atom is -0.494 e. The largest absolute Gasteiger partial charge is 0.494 e. The van der Waals surface area contributed by atoms with Crippen LogP contribution in [0.15, 0.2) is 79.4 Å². The molecule has 0 amide bonds. The fourth-order valence-electron chi connectivity index (χ4n) is 3.36. The fraction of sp³-hybridized carbons (Fsp3) is 0.194. The number of alkyl halides is 3. The van der Waals surface area contributed by atoms with Crippen LogP contribution in [0, 0.1) is 11.8 Å². The van der Waals surface area contributed by atoms with Crippen LogP contribution in [-0.4, -0.2) is 31.1 Å². The molecule has 0 bridgehead atoms. The maximum absolute atomic E-state index is 13.8. The Labute approximate surface area is 234 Å². The number of rotatable bonds is 11. The highest BCUT2D eigenvalue weighted by Crippen LogP contribution is 2.37. The summed E-state index contributed by atoms with van der Waals surface area (Å²) < 4.78 is 62.0. The van der Waals surface area contributed by atoms with Crippen molar-refractivity contribution in [2.24, 2.45) is 0 Å². The van der Waals surface area contributed by atoms with Crippen molar-refractivity contribution in [3.8, 4) is 29.1 Å². The molecule has 7 nitrogen and oxygen atoms in total. The van der Waals surface area contributed by atoms with E-state index in [2.05, 4.69) is 18.4 Å². The third-order valence-corrected chi connectivity index (χ3v) is 5.37. The normalized spacial score (nSPS) is 10.5. The van der Waals surface area contributed by atoms with Crippen LogP contribution in [0.5, 0.6) is 17.2 Å². The Bertz CT molecular complexity index is 1450. The Hall–Kier alpha value is -5.04. The lowest BCUT2D eigenvalue weighted by molar-refractivity contribution is -0.139. The molecule has 0 unspecified atom stereocenters. The van der Waals surface area contributed by atoms with Crippen LogP contribution in [0.1, 0.15) is 51.6 Å². The average Bonchev–Trinajstić information content (AvgIpc) is 2.95. The smallest absolute Gasteiger partial charge is 0.420 e. The minimum absolute atomic E-state index is 0.0125. The zero-order valence-corrected chi connectivity index (χ0v) is 22.0. The molecule has 0 aliphatic rings. The number of ether oxygens (including phenoxy) is 4. The van der Waals surface area contributed by atoms with Crippen LogP contribution in [0.4, 0.5) is 13.2 Å². The van der Waals surface area contributed by atoms with Crippen LogP contribution in [0.3, 0.4) is 0 Å². The van der Waals surface area contributed by atoms with E-state index in [0.717, 1.165) is 18.2 Å². The Morgan fingerprint density at radius 3 is 2.07 bits per heavy atom. The number of hydrogen-bond acceptors (Lipinski definition) is 7. The van der Waals surface area contributed by atoms with Crippen LogP contribution in [0.25, 0.3) is 0 Å². The van der Waals surface area contributed by atoms with E-state index in [0.29, 0.717) is 36.8 Å². The predicted octanol–water partition coefficient (Wildman–Crippen LogP) is 6.40. The molecular weight excluding hydrogens is 541 g/mol. The van der Waals surface area contributed by atoms with E-state index in [-0.39, 0.29) is 23.5 Å². The van der Waals surface area contributed by atoms with Crippen molar-refractivity contribution >= 4 is 17.9 Å². The van der Waals surface area contributed by atoms with Gasteiger partial charge in [-0.3, -0.25) is 0 Å². The molecule has 0 aromatic heterocycles. The predicted molar refractivity (Wildman–Crippen MR) is 143 cm³/mol. The van der Waals surface area contributed by atoms with Crippen molar-refractivity contribution in [3.63, 3.8) is 0 Å². The summed E-state index contributed by atoms with van der Waals surface area (Å²) in [6, 6.07) is 14.3. The van der Waals surface area contributed by atoms with Gasteiger partial charge >= 0.3 is 24.1 Å². The van der Waals surface area contributed by atoms with Gasteiger partial charge < -0.3 is 18.9 Å². The van der Waals surface area contributed by atoms with Gasteiger partial charge in [-0.25, -0.2) is 14.4 Å². The van der Waals surface area contributed by atoms with E-state index in [9.17, 15) is 27.6 Å². The molecule has 41 heavy (non-hydrogen) atoms. The standard InChI is InChI=1S/C31H25F3O7/c1-3-7-21-8-13-25(14-9-21)40-30(37)23-12-17-27(26(20-23)31(32,33)34)41-29(36)22-10-15-24(16-11-22)38-18-5-6-19-39-28(35)4-2/h4,8-17,20H,2,5-6,18-19H2,1H3. The number of halogens is 3. The highest BCUT2D eigenvalue weighted by molar-refractivity contribution is 5.93. The second-order valence-corrected chi connectivity index (χ2v) is 8.34. The molecule has 3 aromatic rings. The van der Waals surface area contributed by atoms with Crippen LogP contribution in [0.2, 0.25) is 0 Å². The summed E-state index contributed by atoms with van der Waals surface area (Å²) in [4.78, 5) is 36.0. The molecule has 10 heteroatoms. The molecule has 0 saturated carbocycles. The summed E-state index contributed by atoms with van der Waals surface area (Å²) in [5.41, 5.74) is -1.02. The molecule has 0 fully saturated rings. The average molecular weight is 567 g/mol. The van der Waals surface area contributed by atoms with Gasteiger partial charge in [0.15, 0.2) is 0 Å². The number of esters is 3. The van der Waals surface area contributed by atoms with Gasteiger partial charge in [0.05, 0.1) is 29.9 Å². The van der Waals surface area contributed by atoms with Gasteiger partial charge in [0.25, 0.3) is 0 Å². The van der Waals surface area contributed by atoms with E-state index in [1.807, 2.05) is 0 Å². The lowest BCUT2D eigenvalue weighted by Gasteiger charge is -2.14. The van der Waals surface area contributed by atoms with Gasteiger partial charge in [-0.05, 0) is 86.5 Å². The first-order valence-corrected chi connectivity index (χ1v) is 12.3. The van der Waals surface area contributed by atoms with Crippen molar-refractivity contribution in [2.45, 2.75) is 25.9 Å². The SMILES string of the molecule is C=CC(=O)OCCCCOc1ccc(C(=O)Oc2ccc(C(=O)Oc3ccc(C#CC)cc3)cc2C(F)(F)F)cc1. The molecule has 0 aliphatic heterocycles. The summed E-state index contributed by atoms with van der Waals surface area (Å²) in [5, 5.41) is 0. The lowest BCUT2D eigenvalue weighted by atomic mass is 10.1. The van der Waals surface area contributed by atoms with Gasteiger partial charge in [-0.2, -0.15) is 13.2 Å². The first-order chi connectivity index (χ1) is 19.6. The molecule has 3 aromatic carbocycles. The Morgan fingerprint density at radius 1 is 0.829 bits per heavy atom. The molecule has 0 atom stereocenters. The van der Waals surface area contributed by atoms with Crippen molar-refractivity contribution in [3.05, 3.63) is 102 Å². The molecule has 3 rings (SSSR count). The van der Waals surface area contributed by atoms with E-state index >= 15 is 0 Å². The molecule has 0 aliphatic carbocycles. The highest BCUT2D eigenvalue weighted by atomic mass is 19.4. The van der Waals surface area contributed by atoms with E-state index in [1.165, 1.54) is 36.4 Å². The minimum atomic E-state index is -4.92. The monoisotopic (exact) mass is 566 g/mol. The maximum atomic E-state index is 13.8. The van der Waals surface area contributed by atoms with Crippen molar-refractivity contribution in [2.75, 3.05) is 13.2 Å². The topological polar surface area (TPSA) is 88.1 Å². The second-order valence-electron chi connectivity index (χ2n) is 8.34. The molecular formula is C31H25F3O7. The number of benzene rings is 3. The number of unbranched alkanes of at least 4 members (excludes halogenated alkanes) is 1. The van der Waals surface area contributed by atoms with Crippen molar-refractivity contribution in [1.29, 1.82) is 0 Å². The van der Waals surface area contributed by atoms with Gasteiger partial charge in [0, 0.05) is 11.6 Å². The lowest BCUT2D eigenvalue weighted by Crippen LogP contribution is -2.16. The van der Waals surface area contributed by atoms with Crippen molar-refractivity contribution < 1.29 is 46.5 Å². The third-order valence-electron chi connectivity index (χ3n) is 5.37. The van der Waals surface area contributed by atoms with Gasteiger partial charge in [0.2, 0.25) is 0 Å². The number of hydrogen-bond donors (Lipinski definition) is 0. The molecule has 0 spiro atoms. The van der Waals surface area contributed by atoms with Crippen LogP contribution >= 0.6 is 0 Å². The summed E-state index contributed by atoms with van der Waals surface area (Å²) in [6.45, 7) is 5.51. The van der Waals surface area contributed by atoms with Crippen LogP contribution < -0.4 is 14.2 Å². The summed E-state index contributed by atoms with van der Waals surface area (Å²) in [6.07, 6.45) is -2.68. The van der Waals surface area contributed by atoms with Crippen LogP contribution in [-0.2, 0) is 15.7 Å². The summed E-state index contributed by atoms with van der Waals surface area (Å²) in [5.74, 6) is 2.78. The second kappa shape index (κ2) is 14.4. The first kappa shape index (κ1) is 30.5. The molecule has 212 valence electrons. The fourth-order valence-corrected chi connectivity index (χ4v) is 3.36.